The summed E-state index contributed by atoms with van der Waals surface area (Å²) in [5, 5.41) is 0. The Morgan fingerprint density at radius 2 is 1.62 bits per heavy atom. The standard InChI is InChI=1S/C8H11Cl2NO2/c9-7(10)6(12)8(13)11-4-2-1-3-5-11/h7H,1-5H2. The highest BCUT2D eigenvalue weighted by molar-refractivity contribution is 6.63. The first-order valence-corrected chi connectivity index (χ1v) is 5.11. The van der Waals surface area contributed by atoms with Crippen LogP contribution in [0.1, 0.15) is 19.3 Å². The van der Waals surface area contributed by atoms with Gasteiger partial charge in [-0.2, -0.15) is 0 Å². The fraction of sp³-hybridized carbons (Fsp3) is 0.750. The Balaban J connectivity index is 2.50. The molecule has 1 saturated heterocycles. The molecule has 0 saturated carbocycles. The number of hydrogen-bond donors (Lipinski definition) is 0. The van der Waals surface area contributed by atoms with Crippen molar-refractivity contribution >= 4 is 34.9 Å². The van der Waals surface area contributed by atoms with Crippen molar-refractivity contribution in [1.29, 1.82) is 0 Å². The fourth-order valence-electron chi connectivity index (χ4n) is 1.35. The maximum absolute atomic E-state index is 11.3. The lowest BCUT2D eigenvalue weighted by atomic mass is 10.1. The number of Topliss-reactive ketones (excluding diaryl/α,β-unsaturated/α-hetero) is 1. The van der Waals surface area contributed by atoms with E-state index in [1.807, 2.05) is 0 Å². The summed E-state index contributed by atoms with van der Waals surface area (Å²) in [6.07, 6.45) is 3.02. The summed E-state index contributed by atoms with van der Waals surface area (Å²) in [7, 11) is 0. The van der Waals surface area contributed by atoms with Crippen LogP contribution in [0, 0.1) is 0 Å². The van der Waals surface area contributed by atoms with Crippen molar-refractivity contribution in [3.05, 3.63) is 0 Å². The summed E-state index contributed by atoms with van der Waals surface area (Å²) >= 11 is 10.6. The molecule has 0 atom stereocenters. The number of piperidine rings is 1. The molecule has 1 fully saturated rings. The molecule has 0 aliphatic carbocycles. The lowest BCUT2D eigenvalue weighted by Gasteiger charge is -2.25. The SMILES string of the molecule is O=C(C(=O)N1CCCCC1)C(Cl)Cl. The van der Waals surface area contributed by atoms with Gasteiger partial charge >= 0.3 is 0 Å². The topological polar surface area (TPSA) is 37.4 Å². The van der Waals surface area contributed by atoms with Crippen LogP contribution in [-0.2, 0) is 9.59 Å². The van der Waals surface area contributed by atoms with Gasteiger partial charge in [0.2, 0.25) is 0 Å². The van der Waals surface area contributed by atoms with Gasteiger partial charge in [0.15, 0.2) is 4.84 Å². The molecule has 1 aliphatic rings. The van der Waals surface area contributed by atoms with Crippen LogP contribution in [-0.4, -0.2) is 34.5 Å². The highest BCUT2D eigenvalue weighted by Crippen LogP contribution is 2.12. The summed E-state index contributed by atoms with van der Waals surface area (Å²) < 4.78 is 0. The molecule has 0 aromatic carbocycles. The number of nitrogens with zero attached hydrogens (tertiary/aromatic N) is 1. The van der Waals surface area contributed by atoms with Gasteiger partial charge in [0.05, 0.1) is 0 Å². The molecule has 1 heterocycles. The zero-order valence-electron chi connectivity index (χ0n) is 7.13. The van der Waals surface area contributed by atoms with Crippen molar-refractivity contribution in [2.45, 2.75) is 24.1 Å². The second-order valence-electron chi connectivity index (χ2n) is 3.02. The molecule has 0 unspecified atom stereocenters. The molecular formula is C8H11Cl2NO2. The maximum atomic E-state index is 11.3. The van der Waals surface area contributed by atoms with Crippen molar-refractivity contribution < 1.29 is 9.59 Å². The van der Waals surface area contributed by atoms with E-state index in [9.17, 15) is 9.59 Å². The molecule has 1 amide bonds. The van der Waals surface area contributed by atoms with Crippen LogP contribution in [0.2, 0.25) is 0 Å². The second-order valence-corrected chi connectivity index (χ2v) is 4.11. The van der Waals surface area contributed by atoms with Crippen molar-refractivity contribution in [2.24, 2.45) is 0 Å². The van der Waals surface area contributed by atoms with E-state index in [0.717, 1.165) is 19.3 Å². The molecule has 3 nitrogen and oxygen atoms in total. The number of ketones is 1. The smallest absolute Gasteiger partial charge is 0.292 e. The first-order chi connectivity index (χ1) is 6.13. The highest BCUT2D eigenvalue weighted by Gasteiger charge is 2.27. The summed E-state index contributed by atoms with van der Waals surface area (Å²) in [5.74, 6) is -1.26. The summed E-state index contributed by atoms with van der Waals surface area (Å²) in [4.78, 5) is 22.7. The van der Waals surface area contributed by atoms with Crippen LogP contribution in [0.25, 0.3) is 0 Å². The number of halogens is 2. The molecule has 1 aliphatic heterocycles. The lowest BCUT2D eigenvalue weighted by molar-refractivity contribution is -0.144. The van der Waals surface area contributed by atoms with Gasteiger partial charge in [-0.1, -0.05) is 23.2 Å². The normalized spacial score (nSPS) is 17.6. The summed E-state index contributed by atoms with van der Waals surface area (Å²) in [6.45, 7) is 1.29. The predicted molar refractivity (Wildman–Crippen MR) is 50.9 cm³/mol. The third-order valence-electron chi connectivity index (χ3n) is 2.05. The van der Waals surface area contributed by atoms with Gasteiger partial charge in [0, 0.05) is 13.1 Å². The molecular weight excluding hydrogens is 213 g/mol. The number of carbonyl (C=O) groups excluding carboxylic acids is 2. The Bertz CT molecular complexity index is 212. The van der Waals surface area contributed by atoms with E-state index >= 15 is 0 Å². The van der Waals surface area contributed by atoms with Crippen LogP contribution in [0.5, 0.6) is 0 Å². The largest absolute Gasteiger partial charge is 0.336 e. The van der Waals surface area contributed by atoms with Crippen molar-refractivity contribution in [1.82, 2.24) is 4.90 Å². The average Bonchev–Trinajstić information content (AvgIpc) is 2.17. The molecule has 0 spiro atoms. The lowest BCUT2D eigenvalue weighted by Crippen LogP contribution is -2.41. The van der Waals surface area contributed by atoms with Crippen LogP contribution < -0.4 is 0 Å². The van der Waals surface area contributed by atoms with E-state index in [2.05, 4.69) is 0 Å². The molecule has 1 rings (SSSR count). The Morgan fingerprint density at radius 1 is 1.08 bits per heavy atom. The number of likely N-dealkylation sites (tertiary alicyclic amines) is 1. The Kier molecular flexibility index (Phi) is 4.00. The zero-order valence-corrected chi connectivity index (χ0v) is 8.64. The number of rotatable bonds is 2. The second kappa shape index (κ2) is 4.82. The third kappa shape index (κ3) is 2.85. The van der Waals surface area contributed by atoms with Gasteiger partial charge in [-0.3, -0.25) is 9.59 Å². The Morgan fingerprint density at radius 3 is 2.08 bits per heavy atom. The van der Waals surface area contributed by atoms with E-state index in [-0.39, 0.29) is 0 Å². The van der Waals surface area contributed by atoms with Gasteiger partial charge in [-0.25, -0.2) is 0 Å². The zero-order chi connectivity index (χ0) is 9.84. The van der Waals surface area contributed by atoms with E-state index in [0.29, 0.717) is 13.1 Å². The van der Waals surface area contributed by atoms with Crippen LogP contribution in [0.15, 0.2) is 0 Å². The van der Waals surface area contributed by atoms with Crippen molar-refractivity contribution in [2.75, 3.05) is 13.1 Å². The highest BCUT2D eigenvalue weighted by atomic mass is 35.5. The third-order valence-corrected chi connectivity index (χ3v) is 2.45. The van der Waals surface area contributed by atoms with Crippen LogP contribution >= 0.6 is 23.2 Å². The summed E-state index contributed by atoms with van der Waals surface area (Å²) in [5.41, 5.74) is 0. The molecule has 5 heteroatoms. The minimum Gasteiger partial charge on any atom is -0.336 e. The molecule has 0 N–H and O–H groups in total. The molecule has 0 aromatic heterocycles. The minimum atomic E-state index is -1.23. The number of hydrogen-bond acceptors (Lipinski definition) is 2. The first kappa shape index (κ1) is 10.8. The monoisotopic (exact) mass is 223 g/mol. The van der Waals surface area contributed by atoms with Gasteiger partial charge in [0.1, 0.15) is 0 Å². The quantitative estimate of drug-likeness (QED) is 0.524. The molecule has 0 radical (unpaired) electrons. The molecule has 74 valence electrons. The average molecular weight is 224 g/mol. The van der Waals surface area contributed by atoms with Gasteiger partial charge < -0.3 is 4.90 Å². The van der Waals surface area contributed by atoms with Gasteiger partial charge in [-0.15, -0.1) is 0 Å². The molecule has 13 heavy (non-hydrogen) atoms. The first-order valence-electron chi connectivity index (χ1n) is 4.24. The van der Waals surface area contributed by atoms with E-state index in [4.69, 9.17) is 23.2 Å². The van der Waals surface area contributed by atoms with Crippen LogP contribution in [0.3, 0.4) is 0 Å². The number of alkyl halides is 2. The van der Waals surface area contributed by atoms with Crippen LogP contribution in [0.4, 0.5) is 0 Å². The van der Waals surface area contributed by atoms with Gasteiger partial charge in [0.25, 0.3) is 11.7 Å². The molecule has 0 aromatic rings. The van der Waals surface area contributed by atoms with E-state index in [1.54, 1.807) is 0 Å². The minimum absolute atomic E-state index is 0.547. The summed E-state index contributed by atoms with van der Waals surface area (Å²) in [6, 6.07) is 0. The van der Waals surface area contributed by atoms with Crippen molar-refractivity contribution in [3.8, 4) is 0 Å². The Hall–Kier alpha value is -0.280. The number of amides is 1. The van der Waals surface area contributed by atoms with E-state index < -0.39 is 16.5 Å². The fourth-order valence-corrected chi connectivity index (χ4v) is 1.53. The van der Waals surface area contributed by atoms with Crippen molar-refractivity contribution in [3.63, 3.8) is 0 Å². The predicted octanol–water partition coefficient (Wildman–Crippen LogP) is 1.37. The molecule has 0 bridgehead atoms. The number of carbonyl (C=O) groups is 2. The van der Waals surface area contributed by atoms with E-state index in [1.165, 1.54) is 4.90 Å². The van der Waals surface area contributed by atoms with Gasteiger partial charge in [-0.05, 0) is 19.3 Å². The Labute approximate surface area is 87.0 Å². The maximum Gasteiger partial charge on any atom is 0.292 e.